The van der Waals surface area contributed by atoms with Crippen LogP contribution in [0.5, 0.6) is 0 Å². The fourth-order valence-corrected chi connectivity index (χ4v) is 8.38. The molecule has 0 N–H and O–H groups in total. The number of hydrogen-bond acceptors (Lipinski definition) is 2. The standard InChI is InChI=1S/C41H25N3S/c1-2-10-26(11-3-1)33-23-25-37-40(42-33)39-36(24-22-32-31-14-6-9-17-38(31)45-41(32)39)44(37)28-20-18-27(19-21-28)43-34-15-7-4-12-29(34)30-13-5-8-16-35(30)43/h1-25H. The fourth-order valence-electron chi connectivity index (χ4n) is 7.14. The molecule has 3 nitrogen and oxygen atoms in total. The minimum Gasteiger partial charge on any atom is -0.309 e. The molecular formula is C41H25N3S. The first-order valence-corrected chi connectivity index (χ1v) is 16.0. The molecule has 0 radical (unpaired) electrons. The first-order valence-electron chi connectivity index (χ1n) is 15.2. The van der Waals surface area contributed by atoms with Gasteiger partial charge in [0, 0.05) is 53.3 Å². The maximum atomic E-state index is 5.35. The van der Waals surface area contributed by atoms with E-state index in [1.807, 2.05) is 11.3 Å². The second-order valence-electron chi connectivity index (χ2n) is 11.6. The molecule has 0 saturated heterocycles. The molecule has 210 valence electrons. The van der Waals surface area contributed by atoms with Gasteiger partial charge in [-0.05, 0) is 60.7 Å². The number of pyridine rings is 1. The largest absolute Gasteiger partial charge is 0.309 e. The number of hydrogen-bond donors (Lipinski definition) is 0. The van der Waals surface area contributed by atoms with E-state index in [4.69, 9.17) is 4.98 Å². The summed E-state index contributed by atoms with van der Waals surface area (Å²) in [6, 6.07) is 54.5. The summed E-state index contributed by atoms with van der Waals surface area (Å²) in [5.74, 6) is 0. The summed E-state index contributed by atoms with van der Waals surface area (Å²) >= 11 is 1.86. The van der Waals surface area contributed by atoms with Crippen molar-refractivity contribution >= 4 is 75.3 Å². The van der Waals surface area contributed by atoms with Crippen LogP contribution in [0.2, 0.25) is 0 Å². The van der Waals surface area contributed by atoms with Crippen LogP contribution in [0.15, 0.2) is 152 Å². The second kappa shape index (κ2) is 9.39. The number of aromatic nitrogens is 3. The van der Waals surface area contributed by atoms with E-state index in [1.165, 1.54) is 52.9 Å². The number of nitrogens with zero attached hydrogens (tertiary/aromatic N) is 3. The van der Waals surface area contributed by atoms with Gasteiger partial charge in [0.2, 0.25) is 0 Å². The lowest BCUT2D eigenvalue weighted by Gasteiger charge is -2.11. The molecule has 0 bridgehead atoms. The highest BCUT2D eigenvalue weighted by molar-refractivity contribution is 7.26. The Balaban J connectivity index is 1.23. The summed E-state index contributed by atoms with van der Waals surface area (Å²) in [4.78, 5) is 5.35. The monoisotopic (exact) mass is 591 g/mol. The van der Waals surface area contributed by atoms with Crippen LogP contribution in [0.25, 0.3) is 86.5 Å². The zero-order chi connectivity index (χ0) is 29.5. The molecule has 0 fully saturated rings. The van der Waals surface area contributed by atoms with Crippen LogP contribution in [-0.2, 0) is 0 Å². The molecule has 0 unspecified atom stereocenters. The Kier molecular flexibility index (Phi) is 5.16. The molecular weight excluding hydrogens is 567 g/mol. The van der Waals surface area contributed by atoms with E-state index in [0.29, 0.717) is 0 Å². The van der Waals surface area contributed by atoms with Gasteiger partial charge >= 0.3 is 0 Å². The molecule has 10 aromatic rings. The second-order valence-corrected chi connectivity index (χ2v) is 12.6. The van der Waals surface area contributed by atoms with Crippen molar-refractivity contribution in [1.82, 2.24) is 14.1 Å². The highest BCUT2D eigenvalue weighted by Crippen LogP contribution is 2.43. The van der Waals surface area contributed by atoms with Crippen LogP contribution < -0.4 is 0 Å². The van der Waals surface area contributed by atoms with E-state index in [1.54, 1.807) is 0 Å². The summed E-state index contributed by atoms with van der Waals surface area (Å²) in [6.45, 7) is 0. The van der Waals surface area contributed by atoms with E-state index in [-0.39, 0.29) is 0 Å². The van der Waals surface area contributed by atoms with Crippen LogP contribution >= 0.6 is 11.3 Å². The van der Waals surface area contributed by atoms with Crippen LogP contribution in [0.1, 0.15) is 0 Å². The molecule has 0 aliphatic carbocycles. The van der Waals surface area contributed by atoms with Gasteiger partial charge < -0.3 is 9.13 Å². The fraction of sp³-hybridized carbons (Fsp3) is 0. The SMILES string of the molecule is c1ccc(-c2ccc3c(n2)c2c4sc5ccccc5c4ccc2n3-c2ccc(-n3c4ccccc4c4ccccc43)cc2)cc1. The lowest BCUT2D eigenvalue weighted by atomic mass is 10.1. The Morgan fingerprint density at radius 1 is 0.422 bits per heavy atom. The van der Waals surface area contributed by atoms with Crippen molar-refractivity contribution in [2.75, 3.05) is 0 Å². The van der Waals surface area contributed by atoms with Crippen molar-refractivity contribution in [3.63, 3.8) is 0 Å². The van der Waals surface area contributed by atoms with Crippen LogP contribution in [0.3, 0.4) is 0 Å². The Bertz CT molecular complexity index is 2690. The number of benzene rings is 6. The van der Waals surface area contributed by atoms with E-state index >= 15 is 0 Å². The van der Waals surface area contributed by atoms with Gasteiger partial charge in [0.05, 0.1) is 33.3 Å². The van der Waals surface area contributed by atoms with E-state index in [0.717, 1.165) is 33.7 Å². The zero-order valence-electron chi connectivity index (χ0n) is 24.2. The van der Waals surface area contributed by atoms with Gasteiger partial charge in [0.1, 0.15) is 0 Å². The summed E-state index contributed by atoms with van der Waals surface area (Å²) < 4.78 is 7.34. The summed E-state index contributed by atoms with van der Waals surface area (Å²) in [5.41, 5.74) is 10.1. The summed E-state index contributed by atoms with van der Waals surface area (Å²) in [5, 5.41) is 6.35. The van der Waals surface area contributed by atoms with E-state index < -0.39 is 0 Å². The van der Waals surface area contributed by atoms with Crippen molar-refractivity contribution in [2.45, 2.75) is 0 Å². The van der Waals surface area contributed by atoms with Crippen molar-refractivity contribution < 1.29 is 0 Å². The highest BCUT2D eigenvalue weighted by Gasteiger charge is 2.20. The third-order valence-electron chi connectivity index (χ3n) is 9.13. The minimum atomic E-state index is 0.988. The first-order chi connectivity index (χ1) is 22.3. The van der Waals surface area contributed by atoms with Gasteiger partial charge in [-0.2, -0.15) is 0 Å². The molecule has 4 heterocycles. The Labute approximate surface area is 262 Å². The van der Waals surface area contributed by atoms with Crippen molar-refractivity contribution in [3.8, 4) is 22.6 Å². The lowest BCUT2D eigenvalue weighted by molar-refractivity contribution is 1.14. The Hall–Kier alpha value is -5.71. The molecule has 45 heavy (non-hydrogen) atoms. The molecule has 4 heteroatoms. The maximum Gasteiger partial charge on any atom is 0.0985 e. The van der Waals surface area contributed by atoms with Gasteiger partial charge in [0.15, 0.2) is 0 Å². The quantitative estimate of drug-likeness (QED) is 0.200. The Morgan fingerprint density at radius 3 is 1.71 bits per heavy atom. The smallest absolute Gasteiger partial charge is 0.0985 e. The van der Waals surface area contributed by atoms with Gasteiger partial charge in [-0.25, -0.2) is 4.98 Å². The molecule has 4 aromatic heterocycles. The van der Waals surface area contributed by atoms with Crippen LogP contribution in [0.4, 0.5) is 0 Å². The maximum absolute atomic E-state index is 5.35. The molecule has 0 spiro atoms. The number of rotatable bonds is 3. The van der Waals surface area contributed by atoms with Gasteiger partial charge in [-0.15, -0.1) is 11.3 Å². The molecule has 0 aliphatic rings. The van der Waals surface area contributed by atoms with Gasteiger partial charge in [-0.1, -0.05) is 91.0 Å². The van der Waals surface area contributed by atoms with Crippen molar-refractivity contribution in [2.24, 2.45) is 0 Å². The van der Waals surface area contributed by atoms with Crippen LogP contribution in [0, 0.1) is 0 Å². The van der Waals surface area contributed by atoms with Crippen LogP contribution in [-0.4, -0.2) is 14.1 Å². The predicted octanol–water partition coefficient (Wildman–Crippen LogP) is 11.3. The number of thiophene rings is 1. The average Bonchev–Trinajstić information content (AvgIpc) is 3.76. The minimum absolute atomic E-state index is 0.988. The van der Waals surface area contributed by atoms with Crippen molar-refractivity contribution in [1.29, 1.82) is 0 Å². The summed E-state index contributed by atoms with van der Waals surface area (Å²) in [7, 11) is 0. The molecule has 0 atom stereocenters. The van der Waals surface area contributed by atoms with E-state index in [9.17, 15) is 0 Å². The van der Waals surface area contributed by atoms with Gasteiger partial charge in [0.25, 0.3) is 0 Å². The van der Waals surface area contributed by atoms with E-state index in [2.05, 4.69) is 161 Å². The topological polar surface area (TPSA) is 22.8 Å². The average molecular weight is 592 g/mol. The Morgan fingerprint density at radius 2 is 1.00 bits per heavy atom. The predicted molar refractivity (Wildman–Crippen MR) is 191 cm³/mol. The molecule has 0 amide bonds. The molecule has 0 saturated carbocycles. The number of para-hydroxylation sites is 2. The normalized spacial score (nSPS) is 12.0. The molecule has 10 rings (SSSR count). The number of fused-ring (bicyclic) bond motifs is 10. The highest BCUT2D eigenvalue weighted by atomic mass is 32.1. The third-order valence-corrected chi connectivity index (χ3v) is 10.3. The summed E-state index contributed by atoms with van der Waals surface area (Å²) in [6.07, 6.45) is 0. The zero-order valence-corrected chi connectivity index (χ0v) is 25.0. The molecule has 6 aromatic carbocycles. The van der Waals surface area contributed by atoms with Gasteiger partial charge in [-0.3, -0.25) is 0 Å². The molecule has 0 aliphatic heterocycles. The first kappa shape index (κ1) is 24.7. The van der Waals surface area contributed by atoms with Crippen molar-refractivity contribution in [3.05, 3.63) is 152 Å². The lowest BCUT2D eigenvalue weighted by Crippen LogP contribution is -1.97. The third kappa shape index (κ3) is 3.54.